The van der Waals surface area contributed by atoms with Gasteiger partial charge in [0.25, 0.3) is 0 Å². The zero-order chi connectivity index (χ0) is 17.4. The summed E-state index contributed by atoms with van der Waals surface area (Å²) in [6, 6.07) is 0. The summed E-state index contributed by atoms with van der Waals surface area (Å²) in [6.45, 7) is 1.19. The molecule has 0 atom stereocenters. The van der Waals surface area contributed by atoms with E-state index in [9.17, 15) is 9.59 Å². The second kappa shape index (κ2) is 6.71. The minimum atomic E-state index is 0.0515. The molecule has 1 saturated carbocycles. The minimum absolute atomic E-state index is 0.0515. The normalized spacial score (nSPS) is 16.6. The number of carbonyl (C=O) groups excluding carboxylic acids is 2. The van der Waals surface area contributed by atoms with Crippen LogP contribution in [-0.2, 0) is 29.6 Å². The average molecular weight is 379 g/mol. The average Bonchev–Trinajstić information content (AvgIpc) is 3.26. The van der Waals surface area contributed by atoms with Gasteiger partial charge < -0.3 is 10.2 Å². The zero-order valence-electron chi connectivity index (χ0n) is 13.6. The van der Waals surface area contributed by atoms with Gasteiger partial charge in [-0.1, -0.05) is 23.1 Å². The first kappa shape index (κ1) is 16.5. The number of thiazole rings is 1. The van der Waals surface area contributed by atoms with Gasteiger partial charge in [-0.2, -0.15) is 0 Å². The molecule has 0 aromatic carbocycles. The maximum absolute atomic E-state index is 12.4. The van der Waals surface area contributed by atoms with Crippen LogP contribution in [-0.4, -0.2) is 54.2 Å². The molecule has 9 nitrogen and oxygen atoms in total. The molecule has 0 saturated heterocycles. The third-order valence-corrected chi connectivity index (χ3v) is 6.16. The largest absolute Gasteiger partial charge is 0.336 e. The van der Waals surface area contributed by atoms with Crippen LogP contribution in [0.1, 0.15) is 23.4 Å². The van der Waals surface area contributed by atoms with Crippen LogP contribution in [0.2, 0.25) is 0 Å². The molecule has 2 aromatic heterocycles. The highest BCUT2D eigenvalue weighted by Gasteiger charge is 2.31. The van der Waals surface area contributed by atoms with Crippen LogP contribution in [0.15, 0.2) is 5.16 Å². The predicted octanol–water partition coefficient (Wildman–Crippen LogP) is 0.692. The van der Waals surface area contributed by atoms with E-state index in [1.165, 1.54) is 23.1 Å². The van der Waals surface area contributed by atoms with Crippen LogP contribution in [0.5, 0.6) is 0 Å². The quantitative estimate of drug-likeness (QED) is 0.762. The van der Waals surface area contributed by atoms with E-state index in [2.05, 4.69) is 25.8 Å². The molecule has 0 spiro atoms. The third kappa shape index (κ3) is 3.66. The van der Waals surface area contributed by atoms with Crippen molar-refractivity contribution in [3.63, 3.8) is 0 Å². The number of carbonyl (C=O) groups is 2. The molecule has 25 heavy (non-hydrogen) atoms. The maximum Gasteiger partial charge on any atom is 0.233 e. The molecule has 1 fully saturated rings. The molecule has 0 bridgehead atoms. The van der Waals surface area contributed by atoms with E-state index in [1.54, 1.807) is 11.7 Å². The molecule has 1 aliphatic heterocycles. The molecular weight excluding hydrogens is 362 g/mol. The fourth-order valence-electron chi connectivity index (χ4n) is 2.58. The van der Waals surface area contributed by atoms with Gasteiger partial charge in [0, 0.05) is 30.8 Å². The van der Waals surface area contributed by atoms with E-state index in [0.29, 0.717) is 35.6 Å². The molecule has 132 valence electrons. The smallest absolute Gasteiger partial charge is 0.233 e. The van der Waals surface area contributed by atoms with Crippen molar-refractivity contribution in [2.24, 2.45) is 13.0 Å². The summed E-state index contributed by atoms with van der Waals surface area (Å²) in [7, 11) is 1.74. The Hall–Kier alpha value is -2.01. The number of nitrogens with zero attached hydrogens (tertiary/aromatic N) is 6. The lowest BCUT2D eigenvalue weighted by molar-refractivity contribution is -0.129. The van der Waals surface area contributed by atoms with E-state index < -0.39 is 0 Å². The van der Waals surface area contributed by atoms with E-state index in [4.69, 9.17) is 0 Å². The van der Waals surface area contributed by atoms with Gasteiger partial charge in [0.15, 0.2) is 5.13 Å². The topological polar surface area (TPSA) is 106 Å². The van der Waals surface area contributed by atoms with E-state index in [-0.39, 0.29) is 17.7 Å². The number of thioether (sulfide) groups is 1. The second-order valence-corrected chi connectivity index (χ2v) is 8.12. The van der Waals surface area contributed by atoms with Gasteiger partial charge in [-0.25, -0.2) is 9.67 Å². The number of rotatable bonds is 5. The summed E-state index contributed by atoms with van der Waals surface area (Å²) >= 11 is 2.80. The number of fused-ring (bicyclic) bond motifs is 1. The molecule has 2 amide bonds. The highest BCUT2D eigenvalue weighted by atomic mass is 32.2. The molecular formula is C14H17N7O2S2. The molecule has 3 heterocycles. The second-order valence-electron chi connectivity index (χ2n) is 6.09. The van der Waals surface area contributed by atoms with Crippen molar-refractivity contribution < 1.29 is 9.59 Å². The van der Waals surface area contributed by atoms with E-state index >= 15 is 0 Å². The molecule has 1 aliphatic carbocycles. The summed E-state index contributed by atoms with van der Waals surface area (Å²) in [6.07, 6.45) is 2.66. The Morgan fingerprint density at radius 2 is 2.24 bits per heavy atom. The van der Waals surface area contributed by atoms with Crippen molar-refractivity contribution in [3.05, 3.63) is 10.6 Å². The summed E-state index contributed by atoms with van der Waals surface area (Å²) in [5, 5.41) is 15.3. The molecule has 2 aliphatic rings. The predicted molar refractivity (Wildman–Crippen MR) is 92.1 cm³/mol. The van der Waals surface area contributed by atoms with Crippen LogP contribution in [0.25, 0.3) is 0 Å². The number of nitrogens with one attached hydrogen (secondary N) is 1. The first-order chi connectivity index (χ1) is 12.1. The fourth-order valence-corrected chi connectivity index (χ4v) is 4.36. The van der Waals surface area contributed by atoms with Gasteiger partial charge in [0.05, 0.1) is 18.0 Å². The number of aromatic nitrogens is 5. The standard InChI is InChI=1S/C14H17N7O2S2/c1-20-14(17-18-19-20)24-7-11(22)21-5-4-9-10(6-21)25-13(15-9)16-12(23)8-2-3-8/h8H,2-7H2,1H3,(H,15,16,23). The van der Waals surface area contributed by atoms with Crippen molar-refractivity contribution in [1.29, 1.82) is 0 Å². The number of hydrogen-bond acceptors (Lipinski definition) is 8. The number of aryl methyl sites for hydroxylation is 1. The zero-order valence-corrected chi connectivity index (χ0v) is 15.3. The van der Waals surface area contributed by atoms with Crippen LogP contribution in [0, 0.1) is 5.92 Å². The van der Waals surface area contributed by atoms with Gasteiger partial charge in [-0.05, 0) is 23.3 Å². The molecule has 11 heteroatoms. The summed E-state index contributed by atoms with van der Waals surface area (Å²) < 4.78 is 1.55. The lowest BCUT2D eigenvalue weighted by Gasteiger charge is -2.25. The van der Waals surface area contributed by atoms with Crippen molar-refractivity contribution in [1.82, 2.24) is 30.1 Å². The van der Waals surface area contributed by atoms with Gasteiger partial charge in [-0.3, -0.25) is 9.59 Å². The summed E-state index contributed by atoms with van der Waals surface area (Å²) in [5.41, 5.74) is 0.991. The Morgan fingerprint density at radius 1 is 1.40 bits per heavy atom. The summed E-state index contributed by atoms with van der Waals surface area (Å²) in [4.78, 5) is 31.7. The van der Waals surface area contributed by atoms with Crippen molar-refractivity contribution >= 4 is 40.0 Å². The van der Waals surface area contributed by atoms with Crippen molar-refractivity contribution in [2.75, 3.05) is 17.6 Å². The molecule has 4 rings (SSSR count). The Labute approximate surface area is 152 Å². The number of hydrogen-bond donors (Lipinski definition) is 1. The van der Waals surface area contributed by atoms with Gasteiger partial charge in [-0.15, -0.1) is 5.10 Å². The first-order valence-corrected chi connectivity index (χ1v) is 9.82. The van der Waals surface area contributed by atoms with Crippen molar-refractivity contribution in [3.8, 4) is 0 Å². The SMILES string of the molecule is Cn1nnnc1SCC(=O)N1CCc2nc(NC(=O)C3CC3)sc2C1. The minimum Gasteiger partial charge on any atom is -0.336 e. The Morgan fingerprint density at radius 3 is 2.96 bits per heavy atom. The lowest BCUT2D eigenvalue weighted by atomic mass is 10.2. The fraction of sp³-hybridized carbons (Fsp3) is 0.571. The molecule has 0 radical (unpaired) electrons. The number of amides is 2. The molecule has 2 aromatic rings. The monoisotopic (exact) mass is 379 g/mol. The first-order valence-electron chi connectivity index (χ1n) is 8.02. The molecule has 0 unspecified atom stereocenters. The Bertz CT molecular complexity index is 814. The van der Waals surface area contributed by atoms with E-state index in [0.717, 1.165) is 23.4 Å². The number of tetrazole rings is 1. The van der Waals surface area contributed by atoms with Gasteiger partial charge in [0.2, 0.25) is 17.0 Å². The van der Waals surface area contributed by atoms with Crippen LogP contribution < -0.4 is 5.32 Å². The Balaban J connectivity index is 1.35. The van der Waals surface area contributed by atoms with Gasteiger partial charge >= 0.3 is 0 Å². The highest BCUT2D eigenvalue weighted by Crippen LogP contribution is 2.33. The molecule has 1 N–H and O–H groups in total. The third-order valence-electron chi connectivity index (χ3n) is 4.17. The maximum atomic E-state index is 12.4. The van der Waals surface area contributed by atoms with Crippen molar-refractivity contribution in [2.45, 2.75) is 31.0 Å². The van der Waals surface area contributed by atoms with Gasteiger partial charge in [0.1, 0.15) is 0 Å². The lowest BCUT2D eigenvalue weighted by Crippen LogP contribution is -2.36. The van der Waals surface area contributed by atoms with E-state index in [1.807, 2.05) is 4.90 Å². The van der Waals surface area contributed by atoms with Crippen LogP contribution in [0.4, 0.5) is 5.13 Å². The highest BCUT2D eigenvalue weighted by molar-refractivity contribution is 7.99. The Kier molecular flexibility index (Phi) is 4.42. The van der Waals surface area contributed by atoms with Crippen LogP contribution in [0.3, 0.4) is 0 Å². The summed E-state index contributed by atoms with van der Waals surface area (Å²) in [5.74, 6) is 0.572. The van der Waals surface area contributed by atoms with Crippen LogP contribution >= 0.6 is 23.1 Å². The number of anilines is 1.